The molecule has 0 spiro atoms. The van der Waals surface area contributed by atoms with Crippen LogP contribution in [0.3, 0.4) is 0 Å². The SMILES string of the molecule is Cc1cc(C(=N)NCCc2ccncc2)cc2[nH]c(-c3c(N[C@H](CO)Cc4ccccc4)cc[nH]c3=O)nc12. The van der Waals surface area contributed by atoms with Crippen molar-refractivity contribution in [2.24, 2.45) is 0 Å². The number of benzene rings is 2. The van der Waals surface area contributed by atoms with Gasteiger partial charge in [0.15, 0.2) is 0 Å². The van der Waals surface area contributed by atoms with Gasteiger partial charge in [0.25, 0.3) is 5.56 Å². The van der Waals surface area contributed by atoms with Crippen LogP contribution in [-0.2, 0) is 12.8 Å². The molecule has 9 nitrogen and oxygen atoms in total. The van der Waals surface area contributed by atoms with Crippen LogP contribution in [0.1, 0.15) is 22.3 Å². The molecular weight excluding hydrogens is 490 g/mol. The maximum absolute atomic E-state index is 13.0. The Morgan fingerprint density at radius 3 is 2.64 bits per heavy atom. The summed E-state index contributed by atoms with van der Waals surface area (Å²) in [6.45, 7) is 2.47. The van der Waals surface area contributed by atoms with E-state index in [4.69, 9.17) is 10.4 Å². The molecule has 39 heavy (non-hydrogen) atoms. The highest BCUT2D eigenvalue weighted by Crippen LogP contribution is 2.27. The Kier molecular flexibility index (Phi) is 7.79. The lowest BCUT2D eigenvalue weighted by atomic mass is 10.1. The monoisotopic (exact) mass is 521 g/mol. The Labute approximate surface area is 225 Å². The number of nitrogens with zero attached hydrogens (tertiary/aromatic N) is 2. The van der Waals surface area contributed by atoms with Gasteiger partial charge in [-0.15, -0.1) is 0 Å². The first-order chi connectivity index (χ1) is 19.0. The van der Waals surface area contributed by atoms with Gasteiger partial charge in [0.05, 0.1) is 29.4 Å². The van der Waals surface area contributed by atoms with Gasteiger partial charge in [0.2, 0.25) is 0 Å². The second kappa shape index (κ2) is 11.7. The van der Waals surface area contributed by atoms with Crippen LogP contribution in [0.25, 0.3) is 22.4 Å². The fourth-order valence-electron chi connectivity index (χ4n) is 4.65. The molecule has 0 saturated heterocycles. The number of aromatic nitrogens is 4. The van der Waals surface area contributed by atoms with E-state index in [0.29, 0.717) is 35.9 Å². The summed E-state index contributed by atoms with van der Waals surface area (Å²) in [5.74, 6) is 0.736. The second-order valence-corrected chi connectivity index (χ2v) is 9.49. The quantitative estimate of drug-likeness (QED) is 0.122. The van der Waals surface area contributed by atoms with Crippen molar-refractivity contribution >= 4 is 22.6 Å². The standard InChI is InChI=1S/C30H31N7O2/c1-19-15-22(28(31)33-13-9-20-7-11-32-12-8-20)17-25-27(19)37-29(36-25)26-24(10-14-34-30(26)39)35-23(18-38)16-21-5-3-2-4-6-21/h2-8,10-12,14-15,17,23,38H,9,13,16,18H2,1H3,(H2,31,33)(H,36,37)(H2,34,35,39)/t23-/m0/s1. The Hall–Kier alpha value is -4.76. The summed E-state index contributed by atoms with van der Waals surface area (Å²) in [6, 6.07) is 19.1. The molecule has 5 rings (SSSR count). The number of aryl methyl sites for hydroxylation is 1. The molecule has 0 aliphatic heterocycles. The van der Waals surface area contributed by atoms with Crippen molar-refractivity contribution in [3.63, 3.8) is 0 Å². The number of aliphatic hydroxyl groups is 1. The number of imidazole rings is 1. The predicted octanol–water partition coefficient (Wildman–Crippen LogP) is 3.79. The lowest BCUT2D eigenvalue weighted by molar-refractivity contribution is 0.274. The van der Waals surface area contributed by atoms with E-state index in [9.17, 15) is 9.90 Å². The van der Waals surface area contributed by atoms with Crippen LogP contribution in [0.2, 0.25) is 0 Å². The number of amidine groups is 1. The van der Waals surface area contributed by atoms with Gasteiger partial charge in [0.1, 0.15) is 17.2 Å². The van der Waals surface area contributed by atoms with Crippen LogP contribution >= 0.6 is 0 Å². The predicted molar refractivity (Wildman–Crippen MR) is 154 cm³/mol. The third kappa shape index (κ3) is 6.05. The molecule has 198 valence electrons. The zero-order valence-electron chi connectivity index (χ0n) is 21.7. The molecule has 0 unspecified atom stereocenters. The fraction of sp³-hybridized carbons (Fsp3) is 0.200. The van der Waals surface area contributed by atoms with Crippen molar-refractivity contribution in [3.05, 3.63) is 112 Å². The minimum atomic E-state index is -0.293. The summed E-state index contributed by atoms with van der Waals surface area (Å²) in [4.78, 5) is 27.8. The summed E-state index contributed by atoms with van der Waals surface area (Å²) in [6.07, 6.45) is 6.49. The van der Waals surface area contributed by atoms with Gasteiger partial charge in [0, 0.05) is 30.7 Å². The van der Waals surface area contributed by atoms with E-state index in [2.05, 4.69) is 25.6 Å². The molecule has 0 radical (unpaired) electrons. The second-order valence-electron chi connectivity index (χ2n) is 9.49. The summed E-state index contributed by atoms with van der Waals surface area (Å²) in [5, 5.41) is 25.1. The number of aliphatic hydroxyl groups excluding tert-OH is 1. The van der Waals surface area contributed by atoms with Crippen molar-refractivity contribution in [2.75, 3.05) is 18.5 Å². The summed E-state index contributed by atoms with van der Waals surface area (Å²) < 4.78 is 0. The van der Waals surface area contributed by atoms with E-state index in [-0.39, 0.29) is 18.2 Å². The normalized spacial score (nSPS) is 11.8. The average Bonchev–Trinajstić information content (AvgIpc) is 3.38. The highest BCUT2D eigenvalue weighted by molar-refractivity contribution is 6.00. The van der Waals surface area contributed by atoms with Gasteiger partial charge in [-0.25, -0.2) is 4.98 Å². The highest BCUT2D eigenvalue weighted by Gasteiger charge is 2.19. The summed E-state index contributed by atoms with van der Waals surface area (Å²) in [5.41, 5.74) is 5.98. The van der Waals surface area contributed by atoms with Crippen molar-refractivity contribution < 1.29 is 5.11 Å². The van der Waals surface area contributed by atoms with Crippen LogP contribution in [0.4, 0.5) is 5.69 Å². The fourth-order valence-corrected chi connectivity index (χ4v) is 4.65. The third-order valence-corrected chi connectivity index (χ3v) is 6.63. The number of hydrogen-bond acceptors (Lipinski definition) is 6. The molecule has 0 saturated carbocycles. The molecule has 9 heteroatoms. The van der Waals surface area contributed by atoms with Gasteiger partial charge in [-0.3, -0.25) is 15.2 Å². The zero-order valence-corrected chi connectivity index (χ0v) is 21.7. The van der Waals surface area contributed by atoms with Crippen LogP contribution < -0.4 is 16.2 Å². The Bertz CT molecular complexity index is 1630. The number of rotatable bonds is 10. The molecule has 1 atom stereocenters. The van der Waals surface area contributed by atoms with E-state index in [1.807, 2.05) is 61.5 Å². The van der Waals surface area contributed by atoms with Gasteiger partial charge < -0.3 is 25.7 Å². The van der Waals surface area contributed by atoms with Crippen molar-refractivity contribution in [3.8, 4) is 11.4 Å². The van der Waals surface area contributed by atoms with Gasteiger partial charge in [-0.1, -0.05) is 30.3 Å². The maximum Gasteiger partial charge on any atom is 0.261 e. The lowest BCUT2D eigenvalue weighted by Crippen LogP contribution is -2.28. The molecule has 5 aromatic rings. The molecule has 0 aliphatic rings. The molecule has 0 fully saturated rings. The van der Waals surface area contributed by atoms with E-state index in [1.54, 1.807) is 24.7 Å². The number of nitrogens with one attached hydrogen (secondary N) is 5. The molecule has 3 heterocycles. The number of anilines is 1. The smallest absolute Gasteiger partial charge is 0.261 e. The van der Waals surface area contributed by atoms with Crippen LogP contribution in [0.15, 0.2) is 84.0 Å². The maximum atomic E-state index is 13.0. The highest BCUT2D eigenvalue weighted by atomic mass is 16.3. The lowest BCUT2D eigenvalue weighted by Gasteiger charge is -2.19. The Morgan fingerprint density at radius 2 is 1.87 bits per heavy atom. The first-order valence-electron chi connectivity index (χ1n) is 12.9. The molecule has 3 aromatic heterocycles. The van der Waals surface area contributed by atoms with Gasteiger partial charge >= 0.3 is 0 Å². The first kappa shape index (κ1) is 25.9. The largest absolute Gasteiger partial charge is 0.394 e. The summed E-state index contributed by atoms with van der Waals surface area (Å²) >= 11 is 0. The molecule has 2 aromatic carbocycles. The molecular formula is C30H31N7O2. The average molecular weight is 522 g/mol. The topological polar surface area (TPSA) is 143 Å². The first-order valence-corrected chi connectivity index (χ1v) is 12.9. The van der Waals surface area contributed by atoms with Crippen molar-refractivity contribution in [2.45, 2.75) is 25.8 Å². The Morgan fingerprint density at radius 1 is 1.08 bits per heavy atom. The minimum absolute atomic E-state index is 0.0972. The van der Waals surface area contributed by atoms with Crippen molar-refractivity contribution in [1.29, 1.82) is 5.41 Å². The number of fused-ring (bicyclic) bond motifs is 1. The van der Waals surface area contributed by atoms with E-state index in [1.165, 1.54) is 0 Å². The van der Waals surface area contributed by atoms with E-state index < -0.39 is 0 Å². The Balaban J connectivity index is 1.38. The van der Waals surface area contributed by atoms with E-state index >= 15 is 0 Å². The number of aromatic amines is 2. The molecule has 0 bridgehead atoms. The number of pyridine rings is 2. The zero-order chi connectivity index (χ0) is 27.2. The molecule has 6 N–H and O–H groups in total. The minimum Gasteiger partial charge on any atom is -0.394 e. The van der Waals surface area contributed by atoms with E-state index in [0.717, 1.165) is 39.7 Å². The number of H-pyrrole nitrogens is 2. The summed E-state index contributed by atoms with van der Waals surface area (Å²) in [7, 11) is 0. The van der Waals surface area contributed by atoms with Crippen molar-refractivity contribution in [1.82, 2.24) is 25.3 Å². The molecule has 0 amide bonds. The van der Waals surface area contributed by atoms with Crippen LogP contribution in [0, 0.1) is 12.3 Å². The molecule has 0 aliphatic carbocycles. The van der Waals surface area contributed by atoms with Crippen LogP contribution in [0.5, 0.6) is 0 Å². The van der Waals surface area contributed by atoms with Crippen LogP contribution in [-0.4, -0.2) is 50.1 Å². The van der Waals surface area contributed by atoms with Gasteiger partial charge in [-0.2, -0.15) is 0 Å². The van der Waals surface area contributed by atoms with Gasteiger partial charge in [-0.05, 0) is 66.8 Å². The third-order valence-electron chi connectivity index (χ3n) is 6.63. The number of hydrogen-bond donors (Lipinski definition) is 6.